The van der Waals surface area contributed by atoms with E-state index in [9.17, 15) is 18.8 Å². The molecule has 0 bridgehead atoms. The van der Waals surface area contributed by atoms with Gasteiger partial charge >= 0.3 is 11.9 Å². The minimum absolute atomic E-state index is 0.0212. The summed E-state index contributed by atoms with van der Waals surface area (Å²) in [5.74, 6) is -1.49. The van der Waals surface area contributed by atoms with E-state index in [0.717, 1.165) is 23.1 Å². The smallest absolute Gasteiger partial charge is 0.348 e. The predicted molar refractivity (Wildman–Crippen MR) is 122 cm³/mol. The molecule has 2 aromatic heterocycles. The van der Waals surface area contributed by atoms with Crippen LogP contribution in [-0.4, -0.2) is 52.6 Å². The van der Waals surface area contributed by atoms with Crippen LogP contribution >= 0.6 is 23.1 Å². The van der Waals surface area contributed by atoms with E-state index in [1.54, 1.807) is 19.1 Å². The number of aromatic nitrogens is 3. The first-order valence-corrected chi connectivity index (χ1v) is 11.5. The van der Waals surface area contributed by atoms with E-state index < -0.39 is 17.8 Å². The Kier molecular flexibility index (Phi) is 7.82. The van der Waals surface area contributed by atoms with Gasteiger partial charge in [-0.2, -0.15) is 0 Å². The Hall–Kier alpha value is -3.25. The summed E-state index contributed by atoms with van der Waals surface area (Å²) in [5.41, 5.74) is 1.18. The molecular formula is C21H21FN4O5S2. The quantitative estimate of drug-likeness (QED) is 0.374. The highest BCUT2D eigenvalue weighted by molar-refractivity contribution is 7.99. The molecule has 9 nitrogen and oxygen atoms in total. The van der Waals surface area contributed by atoms with Crippen molar-refractivity contribution >= 4 is 45.9 Å². The fourth-order valence-corrected chi connectivity index (χ4v) is 4.95. The second-order valence-corrected chi connectivity index (χ2v) is 8.60. The molecule has 0 atom stereocenters. The number of amides is 1. The average molecular weight is 493 g/mol. The summed E-state index contributed by atoms with van der Waals surface area (Å²) >= 11 is 2.10. The molecule has 0 aliphatic rings. The number of nitrogens with one attached hydrogen (secondary N) is 1. The van der Waals surface area contributed by atoms with Crippen LogP contribution in [0, 0.1) is 12.7 Å². The zero-order valence-corrected chi connectivity index (χ0v) is 19.9. The Bertz CT molecular complexity index is 1190. The molecule has 3 aromatic rings. The molecule has 0 saturated carbocycles. The molecular weight excluding hydrogens is 471 g/mol. The minimum Gasteiger partial charge on any atom is -0.465 e. The molecule has 33 heavy (non-hydrogen) atoms. The summed E-state index contributed by atoms with van der Waals surface area (Å²) in [5, 5.41) is 11.7. The first-order valence-electron chi connectivity index (χ1n) is 9.72. The number of esters is 2. The highest BCUT2D eigenvalue weighted by Gasteiger charge is 2.27. The van der Waals surface area contributed by atoms with Crippen LogP contribution in [0.5, 0.6) is 0 Å². The number of thioether (sulfide) groups is 1. The number of rotatable bonds is 8. The van der Waals surface area contributed by atoms with Crippen LogP contribution < -0.4 is 5.32 Å². The Labute approximate surface area is 197 Å². The molecule has 0 unspecified atom stereocenters. The SMILES string of the molecule is CCn1c(SCC(=O)Nc2sc(C(=O)OC)c(C)c2C(=O)OC)nnc1-c1ccc(F)cc1. The third-order valence-electron chi connectivity index (χ3n) is 4.63. The number of hydrogen-bond acceptors (Lipinski definition) is 9. The monoisotopic (exact) mass is 492 g/mol. The Morgan fingerprint density at radius 3 is 2.39 bits per heavy atom. The first kappa shape index (κ1) is 24.4. The van der Waals surface area contributed by atoms with Crippen molar-refractivity contribution in [1.82, 2.24) is 14.8 Å². The molecule has 174 valence electrons. The van der Waals surface area contributed by atoms with E-state index in [4.69, 9.17) is 9.47 Å². The van der Waals surface area contributed by atoms with Gasteiger partial charge in [-0.15, -0.1) is 21.5 Å². The normalized spacial score (nSPS) is 10.7. The largest absolute Gasteiger partial charge is 0.465 e. The van der Waals surface area contributed by atoms with Crippen molar-refractivity contribution in [2.24, 2.45) is 0 Å². The Morgan fingerprint density at radius 1 is 1.12 bits per heavy atom. The lowest BCUT2D eigenvalue weighted by Gasteiger charge is -2.08. The third-order valence-corrected chi connectivity index (χ3v) is 6.78. The number of methoxy groups -OCH3 is 2. The fourth-order valence-electron chi connectivity index (χ4n) is 3.02. The van der Waals surface area contributed by atoms with E-state index in [1.165, 1.54) is 26.4 Å². The van der Waals surface area contributed by atoms with Crippen molar-refractivity contribution in [1.29, 1.82) is 0 Å². The lowest BCUT2D eigenvalue weighted by atomic mass is 10.1. The maximum Gasteiger partial charge on any atom is 0.348 e. The third kappa shape index (κ3) is 5.22. The van der Waals surface area contributed by atoms with Gasteiger partial charge in [0.2, 0.25) is 5.91 Å². The first-order chi connectivity index (χ1) is 15.8. The van der Waals surface area contributed by atoms with Crippen LogP contribution in [0.3, 0.4) is 0 Å². The van der Waals surface area contributed by atoms with Crippen LogP contribution in [0.25, 0.3) is 11.4 Å². The van der Waals surface area contributed by atoms with E-state index in [2.05, 4.69) is 15.5 Å². The van der Waals surface area contributed by atoms with Crippen LogP contribution in [0.4, 0.5) is 9.39 Å². The highest BCUT2D eigenvalue weighted by Crippen LogP contribution is 2.34. The summed E-state index contributed by atoms with van der Waals surface area (Å²) in [4.78, 5) is 37.0. The Morgan fingerprint density at radius 2 is 1.79 bits per heavy atom. The lowest BCUT2D eigenvalue weighted by molar-refractivity contribution is -0.113. The number of anilines is 1. The number of thiophene rings is 1. The molecule has 0 radical (unpaired) electrons. The summed E-state index contributed by atoms with van der Waals surface area (Å²) in [6.07, 6.45) is 0. The van der Waals surface area contributed by atoms with Gasteiger partial charge in [0.15, 0.2) is 11.0 Å². The molecule has 1 aromatic carbocycles. The number of hydrogen-bond donors (Lipinski definition) is 1. The molecule has 0 aliphatic heterocycles. The highest BCUT2D eigenvalue weighted by atomic mass is 32.2. The minimum atomic E-state index is -0.670. The van der Waals surface area contributed by atoms with E-state index in [1.807, 2.05) is 11.5 Å². The molecule has 12 heteroatoms. The summed E-state index contributed by atoms with van der Waals surface area (Å²) in [7, 11) is 2.45. The van der Waals surface area contributed by atoms with Gasteiger partial charge in [-0.3, -0.25) is 4.79 Å². The number of benzene rings is 1. The van der Waals surface area contributed by atoms with Crippen LogP contribution in [-0.2, 0) is 20.8 Å². The van der Waals surface area contributed by atoms with Gasteiger partial charge in [-0.05, 0) is 43.7 Å². The molecule has 0 fully saturated rings. The maximum absolute atomic E-state index is 13.2. The van der Waals surface area contributed by atoms with Crippen molar-refractivity contribution in [3.05, 3.63) is 46.1 Å². The van der Waals surface area contributed by atoms with E-state index in [-0.39, 0.29) is 27.0 Å². The van der Waals surface area contributed by atoms with Crippen molar-refractivity contribution in [3.63, 3.8) is 0 Å². The molecule has 0 spiro atoms. The molecule has 0 saturated heterocycles. The zero-order chi connectivity index (χ0) is 24.1. The topological polar surface area (TPSA) is 112 Å². The van der Waals surface area contributed by atoms with Crippen LogP contribution in [0.2, 0.25) is 0 Å². The zero-order valence-electron chi connectivity index (χ0n) is 18.3. The van der Waals surface area contributed by atoms with E-state index in [0.29, 0.717) is 28.7 Å². The number of nitrogens with zero attached hydrogens (tertiary/aromatic N) is 3. The summed E-state index contributed by atoms with van der Waals surface area (Å²) < 4.78 is 24.6. The number of carbonyl (C=O) groups excluding carboxylic acids is 3. The standard InChI is InChI=1S/C21H21FN4O5S2/c1-5-26-17(12-6-8-13(22)9-7-12)24-25-21(26)32-10-14(27)23-18-15(19(28)30-3)11(2)16(33-18)20(29)31-4/h6-9H,5,10H2,1-4H3,(H,23,27). The van der Waals surface area contributed by atoms with Crippen molar-refractivity contribution < 1.29 is 28.2 Å². The molecule has 3 rings (SSSR count). The van der Waals surface area contributed by atoms with Gasteiger partial charge in [0.1, 0.15) is 15.7 Å². The second kappa shape index (κ2) is 10.6. The van der Waals surface area contributed by atoms with Gasteiger partial charge in [-0.1, -0.05) is 11.8 Å². The lowest BCUT2D eigenvalue weighted by Crippen LogP contribution is -2.16. The van der Waals surface area contributed by atoms with Gasteiger partial charge < -0.3 is 19.4 Å². The van der Waals surface area contributed by atoms with Crippen LogP contribution in [0.15, 0.2) is 29.4 Å². The number of ether oxygens (including phenoxy) is 2. The predicted octanol–water partition coefficient (Wildman–Crippen LogP) is 3.78. The van der Waals surface area contributed by atoms with Gasteiger partial charge in [0.25, 0.3) is 0 Å². The van der Waals surface area contributed by atoms with Gasteiger partial charge in [-0.25, -0.2) is 14.0 Å². The van der Waals surface area contributed by atoms with Crippen molar-refractivity contribution in [2.45, 2.75) is 25.5 Å². The maximum atomic E-state index is 13.2. The number of halogens is 1. The Balaban J connectivity index is 1.77. The van der Waals surface area contributed by atoms with E-state index >= 15 is 0 Å². The van der Waals surface area contributed by atoms with Gasteiger partial charge in [0.05, 0.1) is 25.5 Å². The summed E-state index contributed by atoms with van der Waals surface area (Å²) in [6, 6.07) is 5.90. The van der Waals surface area contributed by atoms with Crippen molar-refractivity contribution in [3.8, 4) is 11.4 Å². The van der Waals surface area contributed by atoms with Gasteiger partial charge in [0, 0.05) is 12.1 Å². The molecule has 1 N–H and O–H groups in total. The molecule has 0 aliphatic carbocycles. The van der Waals surface area contributed by atoms with Crippen molar-refractivity contribution in [2.75, 3.05) is 25.3 Å². The van der Waals surface area contributed by atoms with Crippen LogP contribution in [0.1, 0.15) is 32.5 Å². The fraction of sp³-hybridized carbons (Fsp3) is 0.286. The number of carbonyl (C=O) groups is 3. The molecule has 1 amide bonds. The average Bonchev–Trinajstić information content (AvgIpc) is 3.37. The second-order valence-electron chi connectivity index (χ2n) is 6.64. The summed E-state index contributed by atoms with van der Waals surface area (Å²) in [6.45, 7) is 4.04. The molecule has 2 heterocycles.